The first-order chi connectivity index (χ1) is 9.20. The molecule has 0 spiro atoms. The molecule has 1 aromatic rings. The standard InChI is InChI=1S/C15H28N4/c1-4-16-14(13-8-9-13)6-5-7-15-17-11-18-19(15)10-12(2)3/h11-14,16H,4-10H2,1-3H3. The summed E-state index contributed by atoms with van der Waals surface area (Å²) in [6, 6.07) is 0.728. The van der Waals surface area contributed by atoms with Crippen LogP contribution in [0.2, 0.25) is 0 Å². The second kappa shape index (κ2) is 7.04. The fraction of sp³-hybridized carbons (Fsp3) is 0.867. The predicted octanol–water partition coefficient (Wildman–Crippen LogP) is 2.64. The monoisotopic (exact) mass is 264 g/mol. The van der Waals surface area contributed by atoms with Crippen molar-refractivity contribution in [2.45, 2.75) is 65.5 Å². The molecular formula is C15H28N4. The van der Waals surface area contributed by atoms with Crippen LogP contribution in [0.1, 0.15) is 52.3 Å². The van der Waals surface area contributed by atoms with Gasteiger partial charge in [-0.15, -0.1) is 0 Å². The lowest BCUT2D eigenvalue weighted by Gasteiger charge is -2.17. The van der Waals surface area contributed by atoms with Gasteiger partial charge >= 0.3 is 0 Å². The van der Waals surface area contributed by atoms with Gasteiger partial charge in [0.25, 0.3) is 0 Å². The molecule has 0 amide bonds. The van der Waals surface area contributed by atoms with Crippen LogP contribution >= 0.6 is 0 Å². The van der Waals surface area contributed by atoms with Gasteiger partial charge in [-0.2, -0.15) is 5.10 Å². The smallest absolute Gasteiger partial charge is 0.138 e. The van der Waals surface area contributed by atoms with Crippen molar-refractivity contribution >= 4 is 0 Å². The van der Waals surface area contributed by atoms with Gasteiger partial charge in [-0.3, -0.25) is 0 Å². The van der Waals surface area contributed by atoms with E-state index in [0.717, 1.165) is 37.3 Å². The average Bonchev–Trinajstić information content (AvgIpc) is 3.11. The van der Waals surface area contributed by atoms with Crippen LogP contribution in [0.3, 0.4) is 0 Å². The van der Waals surface area contributed by atoms with Gasteiger partial charge in [0, 0.05) is 19.0 Å². The fourth-order valence-corrected chi connectivity index (χ4v) is 2.73. The van der Waals surface area contributed by atoms with Crippen LogP contribution in [0.5, 0.6) is 0 Å². The lowest BCUT2D eigenvalue weighted by Crippen LogP contribution is -2.30. The first kappa shape index (κ1) is 14.5. The summed E-state index contributed by atoms with van der Waals surface area (Å²) in [5.74, 6) is 2.72. The molecule has 1 atom stereocenters. The predicted molar refractivity (Wildman–Crippen MR) is 78.0 cm³/mol. The maximum Gasteiger partial charge on any atom is 0.138 e. The topological polar surface area (TPSA) is 42.7 Å². The third-order valence-electron chi connectivity index (χ3n) is 3.81. The third kappa shape index (κ3) is 4.60. The van der Waals surface area contributed by atoms with Crippen molar-refractivity contribution in [1.29, 1.82) is 0 Å². The molecule has 1 unspecified atom stereocenters. The first-order valence-electron chi connectivity index (χ1n) is 7.80. The third-order valence-corrected chi connectivity index (χ3v) is 3.81. The number of hydrogen-bond donors (Lipinski definition) is 1. The van der Waals surface area contributed by atoms with Gasteiger partial charge in [0.15, 0.2) is 0 Å². The van der Waals surface area contributed by atoms with E-state index < -0.39 is 0 Å². The number of nitrogens with one attached hydrogen (secondary N) is 1. The highest BCUT2D eigenvalue weighted by Gasteiger charge is 2.29. The Kier molecular flexibility index (Phi) is 5.37. The number of aromatic nitrogens is 3. The summed E-state index contributed by atoms with van der Waals surface area (Å²) >= 11 is 0. The molecule has 1 N–H and O–H groups in total. The van der Waals surface area contributed by atoms with Gasteiger partial charge in [0.1, 0.15) is 12.2 Å². The van der Waals surface area contributed by atoms with Crippen molar-refractivity contribution in [2.75, 3.05) is 6.54 Å². The summed E-state index contributed by atoms with van der Waals surface area (Å²) in [6.07, 6.45) is 8.07. The molecule has 0 bridgehead atoms. The molecule has 0 radical (unpaired) electrons. The molecule has 4 nitrogen and oxygen atoms in total. The van der Waals surface area contributed by atoms with E-state index in [1.807, 2.05) is 0 Å². The Labute approximate surface area is 117 Å². The van der Waals surface area contributed by atoms with Crippen LogP contribution in [0.4, 0.5) is 0 Å². The van der Waals surface area contributed by atoms with Crippen molar-refractivity contribution in [3.8, 4) is 0 Å². The highest BCUT2D eigenvalue weighted by atomic mass is 15.3. The molecule has 0 saturated heterocycles. The minimum Gasteiger partial charge on any atom is -0.314 e. The van der Waals surface area contributed by atoms with Crippen molar-refractivity contribution in [2.24, 2.45) is 11.8 Å². The van der Waals surface area contributed by atoms with Gasteiger partial charge in [-0.05, 0) is 44.1 Å². The Balaban J connectivity index is 1.76. The zero-order valence-corrected chi connectivity index (χ0v) is 12.6. The first-order valence-corrected chi connectivity index (χ1v) is 7.80. The highest BCUT2D eigenvalue weighted by Crippen LogP contribution is 2.34. The molecule has 2 rings (SSSR count). The van der Waals surface area contributed by atoms with Crippen LogP contribution in [0, 0.1) is 11.8 Å². The van der Waals surface area contributed by atoms with Crippen molar-refractivity contribution in [3.05, 3.63) is 12.2 Å². The minimum atomic E-state index is 0.626. The van der Waals surface area contributed by atoms with Crippen LogP contribution in [-0.2, 0) is 13.0 Å². The molecule has 1 aromatic heterocycles. The number of aryl methyl sites for hydroxylation is 1. The number of rotatable bonds is 9. The van der Waals surface area contributed by atoms with E-state index in [1.54, 1.807) is 6.33 Å². The molecule has 0 aromatic carbocycles. The second-order valence-corrected chi connectivity index (χ2v) is 6.15. The minimum absolute atomic E-state index is 0.626. The zero-order chi connectivity index (χ0) is 13.7. The molecule has 1 fully saturated rings. The summed E-state index contributed by atoms with van der Waals surface area (Å²) in [6.45, 7) is 8.72. The van der Waals surface area contributed by atoms with Gasteiger partial charge in [0.2, 0.25) is 0 Å². The maximum absolute atomic E-state index is 4.40. The van der Waals surface area contributed by atoms with E-state index in [-0.39, 0.29) is 0 Å². The van der Waals surface area contributed by atoms with Crippen LogP contribution in [0.25, 0.3) is 0 Å². The molecule has 1 aliphatic carbocycles. The Morgan fingerprint density at radius 1 is 1.42 bits per heavy atom. The maximum atomic E-state index is 4.40. The Morgan fingerprint density at radius 2 is 2.21 bits per heavy atom. The Morgan fingerprint density at radius 3 is 2.84 bits per heavy atom. The van der Waals surface area contributed by atoms with Gasteiger partial charge in [-0.1, -0.05) is 20.8 Å². The van der Waals surface area contributed by atoms with E-state index in [0.29, 0.717) is 5.92 Å². The summed E-state index contributed by atoms with van der Waals surface area (Å²) < 4.78 is 2.07. The molecule has 19 heavy (non-hydrogen) atoms. The van der Waals surface area contributed by atoms with Crippen molar-refractivity contribution in [3.63, 3.8) is 0 Å². The molecular weight excluding hydrogens is 236 g/mol. The van der Waals surface area contributed by atoms with Gasteiger partial charge in [0.05, 0.1) is 0 Å². The summed E-state index contributed by atoms with van der Waals surface area (Å²) in [7, 11) is 0. The lowest BCUT2D eigenvalue weighted by molar-refractivity contribution is 0.423. The largest absolute Gasteiger partial charge is 0.314 e. The molecule has 108 valence electrons. The fourth-order valence-electron chi connectivity index (χ4n) is 2.73. The normalized spacial score (nSPS) is 17.1. The van der Waals surface area contributed by atoms with E-state index >= 15 is 0 Å². The molecule has 1 heterocycles. The van der Waals surface area contributed by atoms with Crippen LogP contribution in [-0.4, -0.2) is 27.4 Å². The Hall–Kier alpha value is -0.900. The lowest BCUT2D eigenvalue weighted by atomic mass is 10.0. The molecule has 4 heteroatoms. The van der Waals surface area contributed by atoms with Crippen LogP contribution in [0.15, 0.2) is 6.33 Å². The second-order valence-electron chi connectivity index (χ2n) is 6.15. The van der Waals surface area contributed by atoms with Gasteiger partial charge < -0.3 is 5.32 Å². The average molecular weight is 264 g/mol. The van der Waals surface area contributed by atoms with Crippen molar-refractivity contribution < 1.29 is 0 Å². The molecule has 1 aliphatic rings. The van der Waals surface area contributed by atoms with E-state index in [9.17, 15) is 0 Å². The van der Waals surface area contributed by atoms with E-state index in [2.05, 4.69) is 40.9 Å². The Bertz CT molecular complexity index is 368. The molecule has 0 aliphatic heterocycles. The van der Waals surface area contributed by atoms with Crippen LogP contribution < -0.4 is 5.32 Å². The van der Waals surface area contributed by atoms with E-state index in [1.165, 1.54) is 25.7 Å². The van der Waals surface area contributed by atoms with Gasteiger partial charge in [-0.25, -0.2) is 9.67 Å². The summed E-state index contributed by atoms with van der Waals surface area (Å²) in [4.78, 5) is 4.40. The zero-order valence-electron chi connectivity index (χ0n) is 12.6. The quantitative estimate of drug-likeness (QED) is 0.745. The summed E-state index contributed by atoms with van der Waals surface area (Å²) in [5.41, 5.74) is 0. The molecule has 1 saturated carbocycles. The number of hydrogen-bond acceptors (Lipinski definition) is 3. The summed E-state index contributed by atoms with van der Waals surface area (Å²) in [5, 5.41) is 7.96. The van der Waals surface area contributed by atoms with E-state index in [4.69, 9.17) is 0 Å². The SMILES string of the molecule is CCNC(CCCc1ncnn1CC(C)C)C1CC1. The van der Waals surface area contributed by atoms with Crippen molar-refractivity contribution in [1.82, 2.24) is 20.1 Å². The highest BCUT2D eigenvalue weighted by molar-refractivity contribution is 4.89. The number of nitrogens with zero attached hydrogens (tertiary/aromatic N) is 3.